The van der Waals surface area contributed by atoms with Gasteiger partial charge < -0.3 is 14.4 Å². The second-order valence-corrected chi connectivity index (χ2v) is 6.10. The minimum Gasteiger partial charge on any atom is -0.458 e. The van der Waals surface area contributed by atoms with Gasteiger partial charge in [0.15, 0.2) is 6.61 Å². The molecule has 0 radical (unpaired) electrons. The van der Waals surface area contributed by atoms with Crippen molar-refractivity contribution < 1.29 is 19.1 Å². The molecule has 0 aliphatic rings. The third kappa shape index (κ3) is 6.18. The SMILES string of the molecule is C=CC(=O)OCC(=O)OCc1ccc(-c2ccc(CN(C)C)cc2)cc1. The van der Waals surface area contributed by atoms with Crippen molar-refractivity contribution in [3.05, 3.63) is 72.3 Å². The van der Waals surface area contributed by atoms with Crippen LogP contribution in [0.1, 0.15) is 11.1 Å². The van der Waals surface area contributed by atoms with Gasteiger partial charge in [0.25, 0.3) is 0 Å². The van der Waals surface area contributed by atoms with Gasteiger partial charge in [-0.25, -0.2) is 9.59 Å². The van der Waals surface area contributed by atoms with Crippen molar-refractivity contribution in [1.82, 2.24) is 4.90 Å². The average Bonchev–Trinajstić information content (AvgIpc) is 2.65. The Hall–Kier alpha value is -2.92. The van der Waals surface area contributed by atoms with E-state index in [2.05, 4.69) is 40.5 Å². The number of hydrogen-bond acceptors (Lipinski definition) is 5. The van der Waals surface area contributed by atoms with Gasteiger partial charge in [0.2, 0.25) is 0 Å². The van der Waals surface area contributed by atoms with Gasteiger partial charge in [-0.15, -0.1) is 0 Å². The monoisotopic (exact) mass is 353 g/mol. The molecule has 0 aliphatic carbocycles. The summed E-state index contributed by atoms with van der Waals surface area (Å²) in [4.78, 5) is 24.5. The minimum atomic E-state index is -0.650. The lowest BCUT2D eigenvalue weighted by Gasteiger charge is -2.10. The van der Waals surface area contributed by atoms with Gasteiger partial charge in [0.1, 0.15) is 6.61 Å². The molecule has 0 saturated carbocycles. The Morgan fingerprint density at radius 3 is 1.96 bits per heavy atom. The topological polar surface area (TPSA) is 55.8 Å². The third-order valence-electron chi connectivity index (χ3n) is 3.64. The smallest absolute Gasteiger partial charge is 0.344 e. The first kappa shape index (κ1) is 19.4. The average molecular weight is 353 g/mol. The summed E-state index contributed by atoms with van der Waals surface area (Å²) in [7, 11) is 4.09. The van der Waals surface area contributed by atoms with E-state index in [1.54, 1.807) is 0 Å². The summed E-state index contributed by atoms with van der Waals surface area (Å²) in [6, 6.07) is 16.2. The Labute approximate surface area is 153 Å². The van der Waals surface area contributed by atoms with Crippen LogP contribution in [0.5, 0.6) is 0 Å². The van der Waals surface area contributed by atoms with Crippen LogP contribution in [0, 0.1) is 0 Å². The van der Waals surface area contributed by atoms with Crippen LogP contribution in [0.4, 0.5) is 0 Å². The summed E-state index contributed by atoms with van der Waals surface area (Å²) in [5, 5.41) is 0. The van der Waals surface area contributed by atoms with Gasteiger partial charge in [-0.05, 0) is 36.3 Å². The fraction of sp³-hybridized carbons (Fsp3) is 0.238. The van der Waals surface area contributed by atoms with Gasteiger partial charge in [-0.2, -0.15) is 0 Å². The van der Waals surface area contributed by atoms with Crippen molar-refractivity contribution in [2.75, 3.05) is 20.7 Å². The van der Waals surface area contributed by atoms with Crippen LogP contribution in [0.2, 0.25) is 0 Å². The van der Waals surface area contributed by atoms with Crippen LogP contribution < -0.4 is 0 Å². The Bertz CT molecular complexity index is 749. The molecular formula is C21H23NO4. The maximum Gasteiger partial charge on any atom is 0.344 e. The molecule has 0 amide bonds. The number of nitrogens with zero attached hydrogens (tertiary/aromatic N) is 1. The Morgan fingerprint density at radius 2 is 1.46 bits per heavy atom. The van der Waals surface area contributed by atoms with Gasteiger partial charge in [0.05, 0.1) is 0 Å². The molecule has 136 valence electrons. The fourth-order valence-electron chi connectivity index (χ4n) is 2.36. The zero-order valence-corrected chi connectivity index (χ0v) is 15.1. The van der Waals surface area contributed by atoms with E-state index in [4.69, 9.17) is 4.74 Å². The highest BCUT2D eigenvalue weighted by Gasteiger charge is 2.07. The minimum absolute atomic E-state index is 0.131. The fourth-order valence-corrected chi connectivity index (χ4v) is 2.36. The number of rotatable bonds is 8. The molecule has 2 aromatic rings. The molecule has 0 N–H and O–H groups in total. The molecule has 0 unspecified atom stereocenters. The molecule has 2 rings (SSSR count). The molecule has 0 spiro atoms. The zero-order valence-electron chi connectivity index (χ0n) is 15.1. The summed E-state index contributed by atoms with van der Waals surface area (Å²) in [6.07, 6.45) is 0.999. The Balaban J connectivity index is 1.88. The first-order chi connectivity index (χ1) is 12.5. The summed E-state index contributed by atoms with van der Waals surface area (Å²) in [5.41, 5.74) is 4.35. The first-order valence-corrected chi connectivity index (χ1v) is 8.25. The second kappa shape index (κ2) is 9.53. The van der Waals surface area contributed by atoms with Gasteiger partial charge in [0, 0.05) is 12.6 Å². The quantitative estimate of drug-likeness (QED) is 0.539. The van der Waals surface area contributed by atoms with Crippen LogP contribution in [-0.4, -0.2) is 37.5 Å². The number of carbonyl (C=O) groups excluding carboxylic acids is 2. The van der Waals surface area contributed by atoms with Crippen LogP contribution in [0.25, 0.3) is 11.1 Å². The van der Waals surface area contributed by atoms with E-state index in [1.807, 2.05) is 38.4 Å². The highest BCUT2D eigenvalue weighted by Crippen LogP contribution is 2.21. The van der Waals surface area contributed by atoms with Crippen molar-refractivity contribution in [1.29, 1.82) is 0 Å². The lowest BCUT2D eigenvalue weighted by molar-refractivity contribution is -0.157. The van der Waals surface area contributed by atoms with E-state index in [0.29, 0.717) is 0 Å². The van der Waals surface area contributed by atoms with Crippen molar-refractivity contribution in [3.8, 4) is 11.1 Å². The van der Waals surface area contributed by atoms with Crippen molar-refractivity contribution in [3.63, 3.8) is 0 Å². The van der Waals surface area contributed by atoms with E-state index in [0.717, 1.165) is 29.3 Å². The number of hydrogen-bond donors (Lipinski definition) is 0. The highest BCUT2D eigenvalue weighted by atomic mass is 16.6. The molecule has 0 heterocycles. The molecule has 0 aliphatic heterocycles. The number of ether oxygens (including phenoxy) is 2. The summed E-state index contributed by atoms with van der Waals surface area (Å²) in [5.74, 6) is -1.25. The zero-order chi connectivity index (χ0) is 18.9. The maximum absolute atomic E-state index is 11.5. The van der Waals surface area contributed by atoms with Crippen molar-refractivity contribution in [2.45, 2.75) is 13.2 Å². The maximum atomic E-state index is 11.5. The van der Waals surface area contributed by atoms with Crippen molar-refractivity contribution in [2.24, 2.45) is 0 Å². The van der Waals surface area contributed by atoms with Crippen LogP contribution in [0.15, 0.2) is 61.2 Å². The van der Waals surface area contributed by atoms with Crippen LogP contribution in [-0.2, 0) is 32.2 Å². The first-order valence-electron chi connectivity index (χ1n) is 8.25. The van der Waals surface area contributed by atoms with Crippen LogP contribution >= 0.6 is 0 Å². The molecule has 0 atom stereocenters. The largest absolute Gasteiger partial charge is 0.458 e. The summed E-state index contributed by atoms with van der Waals surface area (Å²) >= 11 is 0. The normalized spacial score (nSPS) is 10.4. The lowest BCUT2D eigenvalue weighted by Crippen LogP contribution is -2.15. The summed E-state index contributed by atoms with van der Waals surface area (Å²) < 4.78 is 9.68. The summed E-state index contributed by atoms with van der Waals surface area (Å²) in [6.45, 7) is 3.88. The van der Waals surface area contributed by atoms with Gasteiger partial charge >= 0.3 is 11.9 Å². The molecular weight excluding hydrogens is 330 g/mol. The number of esters is 2. The third-order valence-corrected chi connectivity index (χ3v) is 3.64. The lowest BCUT2D eigenvalue weighted by atomic mass is 10.0. The number of carbonyl (C=O) groups is 2. The van der Waals surface area contributed by atoms with E-state index >= 15 is 0 Å². The van der Waals surface area contributed by atoms with Gasteiger partial charge in [-0.3, -0.25) is 0 Å². The molecule has 5 nitrogen and oxygen atoms in total. The molecule has 26 heavy (non-hydrogen) atoms. The van der Waals surface area contributed by atoms with Crippen LogP contribution in [0.3, 0.4) is 0 Å². The second-order valence-electron chi connectivity index (χ2n) is 6.10. The van der Waals surface area contributed by atoms with Gasteiger partial charge in [-0.1, -0.05) is 55.1 Å². The molecule has 2 aromatic carbocycles. The van der Waals surface area contributed by atoms with E-state index in [-0.39, 0.29) is 6.61 Å². The van der Waals surface area contributed by atoms with E-state index < -0.39 is 18.5 Å². The molecule has 0 fully saturated rings. The molecule has 0 aromatic heterocycles. The predicted molar refractivity (Wildman–Crippen MR) is 100 cm³/mol. The highest BCUT2D eigenvalue weighted by molar-refractivity contribution is 5.83. The van der Waals surface area contributed by atoms with E-state index in [9.17, 15) is 9.59 Å². The molecule has 5 heteroatoms. The number of benzene rings is 2. The van der Waals surface area contributed by atoms with E-state index in [1.165, 1.54) is 5.56 Å². The standard InChI is InChI=1S/C21H23NO4/c1-4-20(23)26-15-21(24)25-14-17-7-11-19(12-8-17)18-9-5-16(6-10-18)13-22(2)3/h4-12H,1,13-15H2,2-3H3. The predicted octanol–water partition coefficient (Wildman–Crippen LogP) is 3.19. The Kier molecular flexibility index (Phi) is 7.12. The molecule has 0 saturated heterocycles. The molecule has 0 bridgehead atoms. The Morgan fingerprint density at radius 1 is 0.923 bits per heavy atom. The van der Waals surface area contributed by atoms with Crippen molar-refractivity contribution >= 4 is 11.9 Å².